The van der Waals surface area contributed by atoms with Crippen molar-refractivity contribution in [3.05, 3.63) is 36.0 Å². The molecule has 1 aromatic carbocycles. The Kier molecular flexibility index (Phi) is 2.89. The molecule has 2 rings (SSSR count). The topological polar surface area (TPSA) is 95.2 Å². The summed E-state index contributed by atoms with van der Waals surface area (Å²) < 4.78 is 0. The van der Waals surface area contributed by atoms with Gasteiger partial charge < -0.3 is 15.9 Å². The van der Waals surface area contributed by atoms with E-state index in [9.17, 15) is 5.11 Å². The van der Waals surface area contributed by atoms with Crippen molar-refractivity contribution in [1.82, 2.24) is 10.2 Å². The molecule has 0 radical (unpaired) electrons. The molecule has 2 aromatic rings. The van der Waals surface area contributed by atoms with Crippen LogP contribution in [-0.4, -0.2) is 27.0 Å². The number of hydrogen-bond acceptors (Lipinski definition) is 4. The second-order valence-corrected chi connectivity index (χ2v) is 3.52. The van der Waals surface area contributed by atoms with Gasteiger partial charge in [0, 0.05) is 5.56 Å². The highest BCUT2D eigenvalue weighted by atomic mass is 16.3. The molecule has 0 saturated carbocycles. The van der Waals surface area contributed by atoms with Gasteiger partial charge in [-0.3, -0.25) is 5.10 Å². The number of aliphatic hydroxyl groups is 2. The molecular formula is C11H13N3O2. The van der Waals surface area contributed by atoms with Crippen LogP contribution in [0.25, 0.3) is 11.1 Å². The van der Waals surface area contributed by atoms with Gasteiger partial charge in [0.25, 0.3) is 0 Å². The fourth-order valence-corrected chi connectivity index (χ4v) is 1.55. The molecular weight excluding hydrogens is 206 g/mol. The van der Waals surface area contributed by atoms with E-state index in [1.54, 1.807) is 24.4 Å². The zero-order valence-corrected chi connectivity index (χ0v) is 8.59. The maximum absolute atomic E-state index is 9.52. The highest BCUT2D eigenvalue weighted by molar-refractivity contribution is 5.73. The van der Waals surface area contributed by atoms with Crippen LogP contribution in [0.3, 0.4) is 0 Å². The number of aromatic amines is 1. The molecule has 0 fully saturated rings. The molecule has 5 N–H and O–H groups in total. The molecule has 84 valence electrons. The molecule has 0 bridgehead atoms. The number of nitrogens with two attached hydrogens (primary N) is 1. The minimum absolute atomic E-state index is 0.301. The lowest BCUT2D eigenvalue weighted by molar-refractivity contribution is 0.0956. The number of nitrogen functional groups attached to an aromatic ring is 1. The second-order valence-electron chi connectivity index (χ2n) is 3.52. The highest BCUT2D eigenvalue weighted by Gasteiger charge is 2.09. The van der Waals surface area contributed by atoms with Crippen LogP contribution in [-0.2, 0) is 0 Å². The average Bonchev–Trinajstić information content (AvgIpc) is 2.74. The number of aromatic nitrogens is 2. The molecule has 16 heavy (non-hydrogen) atoms. The van der Waals surface area contributed by atoms with Crippen LogP contribution in [0.2, 0.25) is 0 Å². The summed E-state index contributed by atoms with van der Waals surface area (Å²) in [6.45, 7) is -0.301. The maximum Gasteiger partial charge on any atom is 0.126 e. The molecule has 0 aliphatic heterocycles. The van der Waals surface area contributed by atoms with Crippen molar-refractivity contribution in [2.75, 3.05) is 12.3 Å². The number of anilines is 1. The van der Waals surface area contributed by atoms with E-state index in [-0.39, 0.29) is 6.61 Å². The minimum atomic E-state index is -0.868. The SMILES string of the molecule is Nc1[nH]ncc1-c1cccc(C(O)CO)c1. The number of nitrogens with one attached hydrogen (secondary N) is 1. The summed E-state index contributed by atoms with van der Waals surface area (Å²) in [6, 6.07) is 7.20. The Balaban J connectivity index is 2.40. The third kappa shape index (κ3) is 1.91. The van der Waals surface area contributed by atoms with Gasteiger partial charge in [-0.25, -0.2) is 0 Å². The number of aliphatic hydroxyl groups excluding tert-OH is 2. The molecule has 5 nitrogen and oxygen atoms in total. The monoisotopic (exact) mass is 219 g/mol. The van der Waals surface area contributed by atoms with Crippen LogP contribution in [0.5, 0.6) is 0 Å². The van der Waals surface area contributed by atoms with E-state index in [4.69, 9.17) is 10.8 Å². The smallest absolute Gasteiger partial charge is 0.126 e. The van der Waals surface area contributed by atoms with Gasteiger partial charge in [-0.05, 0) is 17.2 Å². The van der Waals surface area contributed by atoms with E-state index in [0.717, 1.165) is 11.1 Å². The summed E-state index contributed by atoms with van der Waals surface area (Å²) in [7, 11) is 0. The fraction of sp³-hybridized carbons (Fsp3) is 0.182. The molecule has 0 amide bonds. The number of benzene rings is 1. The first-order chi connectivity index (χ1) is 7.72. The summed E-state index contributed by atoms with van der Waals surface area (Å²) in [5.41, 5.74) is 8.00. The van der Waals surface area contributed by atoms with E-state index >= 15 is 0 Å². The summed E-state index contributed by atoms with van der Waals surface area (Å²) in [5, 5.41) is 24.9. The van der Waals surface area contributed by atoms with E-state index in [1.807, 2.05) is 6.07 Å². The Morgan fingerprint density at radius 2 is 2.25 bits per heavy atom. The quantitative estimate of drug-likeness (QED) is 0.610. The van der Waals surface area contributed by atoms with Gasteiger partial charge in [0.2, 0.25) is 0 Å². The van der Waals surface area contributed by atoms with E-state index < -0.39 is 6.10 Å². The minimum Gasteiger partial charge on any atom is -0.393 e. The van der Waals surface area contributed by atoms with Gasteiger partial charge in [0.15, 0.2) is 0 Å². The number of hydrogen-bond donors (Lipinski definition) is 4. The summed E-state index contributed by atoms with van der Waals surface area (Å²) >= 11 is 0. The molecule has 1 unspecified atom stereocenters. The molecule has 1 heterocycles. The predicted molar refractivity (Wildman–Crippen MR) is 60.5 cm³/mol. The Bertz CT molecular complexity index is 482. The van der Waals surface area contributed by atoms with Crippen molar-refractivity contribution in [2.24, 2.45) is 0 Å². The third-order valence-corrected chi connectivity index (χ3v) is 2.42. The summed E-state index contributed by atoms with van der Waals surface area (Å²) in [6.07, 6.45) is 0.757. The van der Waals surface area contributed by atoms with Crippen LogP contribution in [0.15, 0.2) is 30.5 Å². The Hall–Kier alpha value is -1.85. The Labute approximate surface area is 92.5 Å². The number of nitrogens with zero attached hydrogens (tertiary/aromatic N) is 1. The number of rotatable bonds is 3. The van der Waals surface area contributed by atoms with Gasteiger partial charge in [-0.2, -0.15) is 5.10 Å². The van der Waals surface area contributed by atoms with Crippen LogP contribution in [0.1, 0.15) is 11.7 Å². The first-order valence-electron chi connectivity index (χ1n) is 4.90. The molecule has 1 atom stereocenters. The zero-order chi connectivity index (χ0) is 11.5. The molecule has 5 heteroatoms. The van der Waals surface area contributed by atoms with Crippen LogP contribution in [0, 0.1) is 0 Å². The maximum atomic E-state index is 9.52. The first-order valence-corrected chi connectivity index (χ1v) is 4.90. The van der Waals surface area contributed by atoms with Gasteiger partial charge >= 0.3 is 0 Å². The summed E-state index contributed by atoms with van der Waals surface area (Å²) in [5.74, 6) is 0.482. The van der Waals surface area contributed by atoms with Gasteiger partial charge in [0.05, 0.1) is 12.8 Å². The number of H-pyrrole nitrogens is 1. The predicted octanol–water partition coefficient (Wildman–Crippen LogP) is 0.685. The highest BCUT2D eigenvalue weighted by Crippen LogP contribution is 2.26. The first kappa shape index (κ1) is 10.7. The van der Waals surface area contributed by atoms with Gasteiger partial charge in [-0.15, -0.1) is 0 Å². The second kappa shape index (κ2) is 4.34. The lowest BCUT2D eigenvalue weighted by Crippen LogP contribution is -2.02. The largest absolute Gasteiger partial charge is 0.393 e. The van der Waals surface area contributed by atoms with Crippen LogP contribution >= 0.6 is 0 Å². The average molecular weight is 219 g/mol. The molecule has 0 aliphatic rings. The third-order valence-electron chi connectivity index (χ3n) is 2.42. The molecule has 1 aromatic heterocycles. The van der Waals surface area contributed by atoms with Crippen molar-refractivity contribution in [3.63, 3.8) is 0 Å². The molecule has 0 aliphatic carbocycles. The lowest BCUT2D eigenvalue weighted by Gasteiger charge is -2.08. The van der Waals surface area contributed by atoms with Crippen molar-refractivity contribution < 1.29 is 10.2 Å². The normalized spacial score (nSPS) is 12.6. The standard InChI is InChI=1S/C11H13N3O2/c12-11-9(5-13-14-11)7-2-1-3-8(4-7)10(16)6-15/h1-5,10,15-16H,6H2,(H3,12,13,14). The summed E-state index contributed by atoms with van der Waals surface area (Å²) in [4.78, 5) is 0. The Morgan fingerprint density at radius 1 is 1.44 bits per heavy atom. The van der Waals surface area contributed by atoms with Gasteiger partial charge in [0.1, 0.15) is 11.9 Å². The Morgan fingerprint density at radius 3 is 2.88 bits per heavy atom. The lowest BCUT2D eigenvalue weighted by atomic mass is 10.0. The van der Waals surface area contributed by atoms with Crippen molar-refractivity contribution in [2.45, 2.75) is 6.10 Å². The fourth-order valence-electron chi connectivity index (χ4n) is 1.55. The zero-order valence-electron chi connectivity index (χ0n) is 8.59. The van der Waals surface area contributed by atoms with Crippen LogP contribution in [0.4, 0.5) is 5.82 Å². The molecule has 0 spiro atoms. The van der Waals surface area contributed by atoms with E-state index in [2.05, 4.69) is 10.2 Å². The van der Waals surface area contributed by atoms with Crippen LogP contribution < -0.4 is 5.73 Å². The van der Waals surface area contributed by atoms with Gasteiger partial charge in [-0.1, -0.05) is 18.2 Å². The van der Waals surface area contributed by atoms with Crippen molar-refractivity contribution in [1.29, 1.82) is 0 Å². The van der Waals surface area contributed by atoms with Crippen molar-refractivity contribution >= 4 is 5.82 Å². The van der Waals surface area contributed by atoms with E-state index in [1.165, 1.54) is 0 Å². The van der Waals surface area contributed by atoms with Crippen molar-refractivity contribution in [3.8, 4) is 11.1 Å². The van der Waals surface area contributed by atoms with E-state index in [0.29, 0.717) is 11.4 Å². The molecule has 0 saturated heterocycles.